The average molecular weight is 348 g/mol. The standard InChI is InChI=1S/C22H24N2O2/c1-15-9-10-17(16(2)13-15)21-14-19(22(25)23-11-6-12-26-3)18-7-4-5-8-20(18)24-21/h4-5,7-10,13-14H,6,11-12H2,1-3H3,(H,23,25). The molecule has 3 aromatic rings. The highest BCUT2D eigenvalue weighted by atomic mass is 16.5. The molecular weight excluding hydrogens is 324 g/mol. The Labute approximate surface area is 154 Å². The number of fused-ring (bicyclic) bond motifs is 1. The normalized spacial score (nSPS) is 10.9. The molecule has 134 valence electrons. The molecule has 0 atom stereocenters. The van der Waals surface area contributed by atoms with Gasteiger partial charge in [-0.2, -0.15) is 0 Å². The highest BCUT2D eigenvalue weighted by molar-refractivity contribution is 6.07. The SMILES string of the molecule is COCCCNC(=O)c1cc(-c2ccc(C)cc2C)nc2ccccc12. The van der Waals surface area contributed by atoms with E-state index in [-0.39, 0.29) is 5.91 Å². The summed E-state index contributed by atoms with van der Waals surface area (Å²) in [6.07, 6.45) is 0.787. The van der Waals surface area contributed by atoms with Gasteiger partial charge in [-0.1, -0.05) is 42.0 Å². The van der Waals surface area contributed by atoms with Crippen LogP contribution in [0.25, 0.3) is 22.2 Å². The van der Waals surface area contributed by atoms with Crippen molar-refractivity contribution in [1.82, 2.24) is 10.3 Å². The van der Waals surface area contributed by atoms with E-state index in [4.69, 9.17) is 9.72 Å². The van der Waals surface area contributed by atoms with Crippen molar-refractivity contribution in [1.29, 1.82) is 0 Å². The van der Waals surface area contributed by atoms with E-state index >= 15 is 0 Å². The fraction of sp³-hybridized carbons (Fsp3) is 0.273. The van der Waals surface area contributed by atoms with E-state index in [0.29, 0.717) is 18.7 Å². The summed E-state index contributed by atoms with van der Waals surface area (Å²) < 4.78 is 5.04. The summed E-state index contributed by atoms with van der Waals surface area (Å²) in [5.74, 6) is -0.0780. The molecule has 0 spiro atoms. The topological polar surface area (TPSA) is 51.2 Å². The number of aromatic nitrogens is 1. The quantitative estimate of drug-likeness (QED) is 0.676. The molecule has 4 heteroatoms. The van der Waals surface area contributed by atoms with Crippen molar-refractivity contribution >= 4 is 16.8 Å². The Morgan fingerprint density at radius 2 is 1.92 bits per heavy atom. The monoisotopic (exact) mass is 348 g/mol. The van der Waals surface area contributed by atoms with E-state index < -0.39 is 0 Å². The second-order valence-electron chi connectivity index (χ2n) is 6.49. The van der Waals surface area contributed by atoms with Crippen LogP contribution in [0.1, 0.15) is 27.9 Å². The molecule has 0 unspecified atom stereocenters. The number of hydrogen-bond acceptors (Lipinski definition) is 3. The lowest BCUT2D eigenvalue weighted by molar-refractivity contribution is 0.0950. The minimum Gasteiger partial charge on any atom is -0.385 e. The zero-order valence-corrected chi connectivity index (χ0v) is 15.5. The van der Waals surface area contributed by atoms with Gasteiger partial charge in [0.05, 0.1) is 16.8 Å². The molecule has 1 amide bonds. The molecule has 26 heavy (non-hydrogen) atoms. The van der Waals surface area contributed by atoms with E-state index in [0.717, 1.165) is 34.1 Å². The number of nitrogens with zero attached hydrogens (tertiary/aromatic N) is 1. The van der Waals surface area contributed by atoms with E-state index in [1.54, 1.807) is 7.11 Å². The van der Waals surface area contributed by atoms with Crippen LogP contribution in [0.4, 0.5) is 0 Å². The van der Waals surface area contributed by atoms with Crippen LogP contribution in [-0.4, -0.2) is 31.2 Å². The van der Waals surface area contributed by atoms with Crippen molar-refractivity contribution < 1.29 is 9.53 Å². The first kappa shape index (κ1) is 18.1. The van der Waals surface area contributed by atoms with Crippen LogP contribution in [-0.2, 0) is 4.74 Å². The Kier molecular flexibility index (Phi) is 5.64. The third-order valence-corrected chi connectivity index (χ3v) is 4.43. The van der Waals surface area contributed by atoms with E-state index in [1.165, 1.54) is 5.56 Å². The molecule has 0 aliphatic rings. The van der Waals surface area contributed by atoms with Crippen LogP contribution in [0.3, 0.4) is 0 Å². The Morgan fingerprint density at radius 3 is 2.69 bits per heavy atom. The van der Waals surface area contributed by atoms with Gasteiger partial charge in [0.2, 0.25) is 0 Å². The lowest BCUT2D eigenvalue weighted by atomic mass is 9.99. The number of para-hydroxylation sites is 1. The number of hydrogen-bond donors (Lipinski definition) is 1. The zero-order valence-electron chi connectivity index (χ0n) is 15.5. The van der Waals surface area contributed by atoms with Crippen LogP contribution >= 0.6 is 0 Å². The van der Waals surface area contributed by atoms with Gasteiger partial charge in [-0.05, 0) is 38.0 Å². The second-order valence-corrected chi connectivity index (χ2v) is 6.49. The van der Waals surface area contributed by atoms with Crippen LogP contribution in [0.15, 0.2) is 48.5 Å². The van der Waals surface area contributed by atoms with Gasteiger partial charge in [0.25, 0.3) is 5.91 Å². The maximum atomic E-state index is 12.8. The van der Waals surface area contributed by atoms with Gasteiger partial charge in [0.15, 0.2) is 0 Å². The molecule has 1 N–H and O–H groups in total. The van der Waals surface area contributed by atoms with Crippen molar-refractivity contribution in [2.75, 3.05) is 20.3 Å². The van der Waals surface area contributed by atoms with Crippen molar-refractivity contribution in [2.24, 2.45) is 0 Å². The number of aryl methyl sites for hydroxylation is 2. The summed E-state index contributed by atoms with van der Waals surface area (Å²) in [6.45, 7) is 5.36. The molecule has 0 saturated heterocycles. The molecule has 4 nitrogen and oxygen atoms in total. The predicted octanol–water partition coefficient (Wildman–Crippen LogP) is 4.28. The minimum atomic E-state index is -0.0780. The van der Waals surface area contributed by atoms with E-state index in [1.807, 2.05) is 30.3 Å². The van der Waals surface area contributed by atoms with Gasteiger partial charge < -0.3 is 10.1 Å². The number of ether oxygens (including phenoxy) is 1. The summed E-state index contributed by atoms with van der Waals surface area (Å²) in [7, 11) is 1.66. The maximum Gasteiger partial charge on any atom is 0.252 e. The smallest absolute Gasteiger partial charge is 0.252 e. The van der Waals surface area contributed by atoms with Crippen LogP contribution in [0, 0.1) is 13.8 Å². The first-order chi connectivity index (χ1) is 12.6. The molecule has 0 fully saturated rings. The molecule has 0 radical (unpaired) electrons. The number of methoxy groups -OCH3 is 1. The first-order valence-electron chi connectivity index (χ1n) is 8.84. The fourth-order valence-electron chi connectivity index (χ4n) is 3.12. The third-order valence-electron chi connectivity index (χ3n) is 4.43. The molecule has 2 aromatic carbocycles. The Balaban J connectivity index is 2.02. The third kappa shape index (κ3) is 3.92. The van der Waals surface area contributed by atoms with Crippen molar-refractivity contribution in [3.05, 3.63) is 65.2 Å². The van der Waals surface area contributed by atoms with Crippen molar-refractivity contribution in [2.45, 2.75) is 20.3 Å². The van der Waals surface area contributed by atoms with E-state index in [2.05, 4.69) is 37.4 Å². The fourth-order valence-corrected chi connectivity index (χ4v) is 3.12. The number of nitrogens with one attached hydrogen (secondary N) is 1. The molecule has 1 aromatic heterocycles. The molecule has 0 aliphatic carbocycles. The van der Waals surface area contributed by atoms with E-state index in [9.17, 15) is 4.79 Å². The lowest BCUT2D eigenvalue weighted by Crippen LogP contribution is -2.25. The molecule has 1 heterocycles. The number of rotatable bonds is 6. The molecule has 0 bridgehead atoms. The van der Waals surface area contributed by atoms with Gasteiger partial charge in [0.1, 0.15) is 0 Å². The molecule has 0 saturated carbocycles. The van der Waals surface area contributed by atoms with Gasteiger partial charge in [0, 0.05) is 31.2 Å². The number of carbonyl (C=O) groups is 1. The summed E-state index contributed by atoms with van der Waals surface area (Å²) in [5, 5.41) is 3.85. The Morgan fingerprint density at radius 1 is 1.12 bits per heavy atom. The number of amides is 1. The first-order valence-corrected chi connectivity index (χ1v) is 8.84. The van der Waals surface area contributed by atoms with Crippen LogP contribution in [0.2, 0.25) is 0 Å². The van der Waals surface area contributed by atoms with Gasteiger partial charge in [-0.3, -0.25) is 4.79 Å². The van der Waals surface area contributed by atoms with Gasteiger partial charge in [-0.25, -0.2) is 4.98 Å². The zero-order chi connectivity index (χ0) is 18.5. The van der Waals surface area contributed by atoms with Gasteiger partial charge in [-0.15, -0.1) is 0 Å². The summed E-state index contributed by atoms with van der Waals surface area (Å²) in [5.41, 5.74) is 5.72. The Hall–Kier alpha value is -2.72. The highest BCUT2D eigenvalue weighted by Gasteiger charge is 2.14. The average Bonchev–Trinajstić information content (AvgIpc) is 2.64. The van der Waals surface area contributed by atoms with Crippen molar-refractivity contribution in [3.8, 4) is 11.3 Å². The number of carbonyl (C=O) groups excluding carboxylic acids is 1. The number of benzene rings is 2. The van der Waals surface area contributed by atoms with Gasteiger partial charge >= 0.3 is 0 Å². The highest BCUT2D eigenvalue weighted by Crippen LogP contribution is 2.27. The molecule has 0 aliphatic heterocycles. The maximum absolute atomic E-state index is 12.8. The number of pyridine rings is 1. The molecular formula is C22H24N2O2. The second kappa shape index (κ2) is 8.11. The largest absolute Gasteiger partial charge is 0.385 e. The lowest BCUT2D eigenvalue weighted by Gasteiger charge is -2.12. The molecule has 3 rings (SSSR count). The summed E-state index contributed by atoms with van der Waals surface area (Å²) in [4.78, 5) is 17.6. The van der Waals surface area contributed by atoms with Crippen molar-refractivity contribution in [3.63, 3.8) is 0 Å². The minimum absolute atomic E-state index is 0.0780. The summed E-state index contributed by atoms with van der Waals surface area (Å²) in [6, 6.07) is 15.9. The van der Waals surface area contributed by atoms with Crippen LogP contribution < -0.4 is 5.32 Å². The predicted molar refractivity (Wildman–Crippen MR) is 105 cm³/mol. The Bertz CT molecular complexity index is 935. The summed E-state index contributed by atoms with van der Waals surface area (Å²) >= 11 is 0. The van der Waals surface area contributed by atoms with Crippen LogP contribution in [0.5, 0.6) is 0 Å².